The number of aliphatic hydroxyl groups is 1. The van der Waals surface area contributed by atoms with Crippen molar-refractivity contribution >= 4 is 39.5 Å². The van der Waals surface area contributed by atoms with Gasteiger partial charge in [-0.1, -0.05) is 344 Å². The third-order valence-electron chi connectivity index (χ3n) is 18.4. The third kappa shape index (κ3) is 70.9. The lowest BCUT2D eigenvalue weighted by Crippen LogP contribution is -2.30. The lowest BCUT2D eigenvalue weighted by Gasteiger charge is -2.21. The number of unbranched alkanes of at least 4 members (excludes halogenated alkanes) is 40. The summed E-state index contributed by atoms with van der Waals surface area (Å²) in [6.45, 7) is 14.2. The van der Waals surface area contributed by atoms with Crippen LogP contribution >= 0.6 is 15.6 Å². The van der Waals surface area contributed by atoms with E-state index in [1.165, 1.54) is 193 Å². The summed E-state index contributed by atoms with van der Waals surface area (Å²) in [4.78, 5) is 72.9. The molecular formula is C78H152O17P2. The summed E-state index contributed by atoms with van der Waals surface area (Å²) < 4.78 is 68.6. The molecule has 0 saturated heterocycles. The minimum Gasteiger partial charge on any atom is -0.462 e. The molecule has 0 heterocycles. The zero-order chi connectivity index (χ0) is 71.7. The molecule has 0 aliphatic carbocycles. The van der Waals surface area contributed by atoms with Crippen LogP contribution < -0.4 is 0 Å². The van der Waals surface area contributed by atoms with Crippen LogP contribution in [0.2, 0.25) is 0 Å². The molecule has 0 bridgehead atoms. The van der Waals surface area contributed by atoms with E-state index in [2.05, 4.69) is 55.4 Å². The lowest BCUT2D eigenvalue weighted by molar-refractivity contribution is -0.161. The van der Waals surface area contributed by atoms with E-state index >= 15 is 0 Å². The van der Waals surface area contributed by atoms with Gasteiger partial charge in [0, 0.05) is 25.7 Å². The number of hydrogen-bond donors (Lipinski definition) is 3. The molecule has 0 rings (SSSR count). The molecular weight excluding hydrogens is 1270 g/mol. The van der Waals surface area contributed by atoms with Gasteiger partial charge < -0.3 is 33.8 Å². The van der Waals surface area contributed by atoms with Crippen molar-refractivity contribution in [2.75, 3.05) is 39.6 Å². The van der Waals surface area contributed by atoms with Gasteiger partial charge in [-0.3, -0.25) is 37.3 Å². The molecule has 0 aromatic carbocycles. The zero-order valence-corrected chi connectivity index (χ0v) is 65.5. The maximum atomic E-state index is 13.1. The Morgan fingerprint density at radius 2 is 0.495 bits per heavy atom. The van der Waals surface area contributed by atoms with Crippen molar-refractivity contribution in [2.24, 2.45) is 23.7 Å². The molecule has 97 heavy (non-hydrogen) atoms. The number of phosphoric acid groups is 2. The Kier molecular flexibility index (Phi) is 65.9. The zero-order valence-electron chi connectivity index (χ0n) is 63.7. The summed E-state index contributed by atoms with van der Waals surface area (Å²) in [5.41, 5.74) is 0. The monoisotopic (exact) mass is 1420 g/mol. The average Bonchev–Trinajstić information content (AvgIpc) is 1.41. The van der Waals surface area contributed by atoms with Crippen LogP contribution in [0.3, 0.4) is 0 Å². The second-order valence-corrected chi connectivity index (χ2v) is 32.7. The maximum absolute atomic E-state index is 13.1. The highest BCUT2D eigenvalue weighted by atomic mass is 31.2. The van der Waals surface area contributed by atoms with Gasteiger partial charge in [-0.05, 0) is 49.4 Å². The van der Waals surface area contributed by atoms with Gasteiger partial charge >= 0.3 is 39.5 Å². The normalized spacial score (nSPS) is 14.4. The predicted molar refractivity (Wildman–Crippen MR) is 395 cm³/mol. The molecule has 17 nitrogen and oxygen atoms in total. The first-order valence-electron chi connectivity index (χ1n) is 40.2. The van der Waals surface area contributed by atoms with Crippen molar-refractivity contribution in [1.82, 2.24) is 0 Å². The van der Waals surface area contributed by atoms with Crippen molar-refractivity contribution < 1.29 is 80.2 Å². The van der Waals surface area contributed by atoms with E-state index in [0.717, 1.165) is 120 Å². The topological polar surface area (TPSA) is 237 Å². The van der Waals surface area contributed by atoms with Crippen LogP contribution in [0.4, 0.5) is 0 Å². The van der Waals surface area contributed by atoms with Gasteiger partial charge in [0.15, 0.2) is 12.2 Å². The summed E-state index contributed by atoms with van der Waals surface area (Å²) in [6.07, 6.45) is 52.7. The number of esters is 4. The number of carbonyl (C=O) groups is 4. The van der Waals surface area contributed by atoms with Gasteiger partial charge in [-0.25, -0.2) is 9.13 Å². The first kappa shape index (κ1) is 95.1. The third-order valence-corrected chi connectivity index (χ3v) is 20.3. The van der Waals surface area contributed by atoms with E-state index in [4.69, 9.17) is 37.0 Å². The second kappa shape index (κ2) is 67.2. The van der Waals surface area contributed by atoms with Crippen LogP contribution in [0.15, 0.2) is 0 Å². The second-order valence-electron chi connectivity index (χ2n) is 29.8. The number of rotatable bonds is 75. The predicted octanol–water partition coefficient (Wildman–Crippen LogP) is 22.8. The Morgan fingerprint density at radius 3 is 0.732 bits per heavy atom. The molecule has 3 unspecified atom stereocenters. The molecule has 19 heteroatoms. The SMILES string of the molecule is CCC(C)CCCCCCCCC(=O)OC[C@H](COP(=O)(O)OC[C@H](O)COP(=O)(O)OC[C@@H](COC(=O)CCCCCCCCCCCCCCC(C)C)OC(=O)CCCCCCCCCCCCCCCC(C)C)OC(=O)CCCCCCCCCCCCCCCC(C)C. The molecule has 0 aromatic heterocycles. The smallest absolute Gasteiger partial charge is 0.462 e. The molecule has 0 aromatic rings. The summed E-state index contributed by atoms with van der Waals surface area (Å²) in [5, 5.41) is 10.6. The molecule has 576 valence electrons. The van der Waals surface area contributed by atoms with Crippen molar-refractivity contribution in [3.05, 3.63) is 0 Å². The molecule has 0 amide bonds. The van der Waals surface area contributed by atoms with Gasteiger partial charge in [0.2, 0.25) is 0 Å². The van der Waals surface area contributed by atoms with Crippen LogP contribution in [-0.4, -0.2) is 96.7 Å². The summed E-state index contributed by atoms with van der Waals surface area (Å²) in [7, 11) is -9.92. The standard InChI is InChI=1S/C78H152O17P2/c1-9-71(8)57-49-41-36-37-43-51-59-76(81)89-65-74(95-78(83)61-53-45-35-29-23-15-11-13-19-25-31-39-47-55-69(4)5)67-93-97(86,87)91-63-72(79)62-90-96(84,85)92-66-73(64-88-75(80)58-50-42-33-27-21-17-16-20-26-32-40-48-56-70(6)7)94-77(82)60-52-44-34-28-22-14-10-12-18-24-30-38-46-54-68(2)3/h68-74,79H,9-67H2,1-8H3,(H,84,85)(H,86,87)/t71?,72-,73-,74-/m1/s1. The lowest BCUT2D eigenvalue weighted by atomic mass is 10.00. The molecule has 0 saturated carbocycles. The van der Waals surface area contributed by atoms with E-state index in [0.29, 0.717) is 25.7 Å². The highest BCUT2D eigenvalue weighted by molar-refractivity contribution is 7.47. The van der Waals surface area contributed by atoms with Gasteiger partial charge in [0.1, 0.15) is 19.3 Å². The fraction of sp³-hybridized carbons (Fsp3) is 0.949. The van der Waals surface area contributed by atoms with Gasteiger partial charge in [0.25, 0.3) is 0 Å². The Bertz CT molecular complexity index is 1900. The van der Waals surface area contributed by atoms with Crippen LogP contribution in [0.5, 0.6) is 0 Å². The van der Waals surface area contributed by atoms with Crippen LogP contribution in [0.1, 0.15) is 396 Å². The minimum absolute atomic E-state index is 0.106. The van der Waals surface area contributed by atoms with Crippen LogP contribution in [0, 0.1) is 23.7 Å². The van der Waals surface area contributed by atoms with E-state index in [-0.39, 0.29) is 25.7 Å². The number of hydrogen-bond acceptors (Lipinski definition) is 15. The van der Waals surface area contributed by atoms with Crippen molar-refractivity contribution in [3.63, 3.8) is 0 Å². The van der Waals surface area contributed by atoms with Gasteiger partial charge in [-0.15, -0.1) is 0 Å². The first-order valence-corrected chi connectivity index (χ1v) is 43.2. The van der Waals surface area contributed by atoms with Crippen molar-refractivity contribution in [1.29, 1.82) is 0 Å². The van der Waals surface area contributed by atoms with Gasteiger partial charge in [-0.2, -0.15) is 0 Å². The molecule has 0 fully saturated rings. The van der Waals surface area contributed by atoms with E-state index in [1.807, 2.05) is 0 Å². The van der Waals surface area contributed by atoms with E-state index in [9.17, 15) is 43.2 Å². The molecule has 0 aliphatic heterocycles. The quantitative estimate of drug-likeness (QED) is 0.0222. The molecule has 0 radical (unpaired) electrons. The summed E-state index contributed by atoms with van der Waals surface area (Å²) in [6, 6.07) is 0. The fourth-order valence-corrected chi connectivity index (χ4v) is 13.5. The highest BCUT2D eigenvalue weighted by Crippen LogP contribution is 2.45. The van der Waals surface area contributed by atoms with E-state index < -0.39 is 97.5 Å². The number of ether oxygens (including phenoxy) is 4. The first-order chi connectivity index (χ1) is 46.6. The number of phosphoric ester groups is 2. The summed E-state index contributed by atoms with van der Waals surface area (Å²) in [5.74, 6) is 0.968. The molecule has 3 N–H and O–H groups in total. The van der Waals surface area contributed by atoms with Crippen LogP contribution in [0.25, 0.3) is 0 Å². The molecule has 0 spiro atoms. The largest absolute Gasteiger partial charge is 0.472 e. The number of carbonyl (C=O) groups excluding carboxylic acids is 4. The summed E-state index contributed by atoms with van der Waals surface area (Å²) >= 11 is 0. The Labute approximate surface area is 594 Å². The maximum Gasteiger partial charge on any atom is 0.472 e. The van der Waals surface area contributed by atoms with Gasteiger partial charge in [0.05, 0.1) is 26.4 Å². The van der Waals surface area contributed by atoms with E-state index in [1.54, 1.807) is 0 Å². The van der Waals surface area contributed by atoms with Crippen LogP contribution in [-0.2, 0) is 65.4 Å². The van der Waals surface area contributed by atoms with Crippen molar-refractivity contribution in [3.8, 4) is 0 Å². The average molecular weight is 1420 g/mol. The minimum atomic E-state index is -4.96. The molecule has 0 aliphatic rings. The Morgan fingerprint density at radius 1 is 0.289 bits per heavy atom. The molecule has 6 atom stereocenters. The Hall–Kier alpha value is -1.94. The highest BCUT2D eigenvalue weighted by Gasteiger charge is 2.30. The van der Waals surface area contributed by atoms with Crippen molar-refractivity contribution in [2.45, 2.75) is 414 Å². The number of aliphatic hydroxyl groups excluding tert-OH is 1. The Balaban J connectivity index is 5.26. The fourth-order valence-electron chi connectivity index (χ4n) is 11.9.